The third kappa shape index (κ3) is 4.73. The van der Waals surface area contributed by atoms with Crippen LogP contribution in [0.15, 0.2) is 35.2 Å². The second kappa shape index (κ2) is 8.05. The van der Waals surface area contributed by atoms with Gasteiger partial charge in [0.05, 0.1) is 0 Å². The first-order valence-electron chi connectivity index (χ1n) is 9.63. The molecule has 0 spiro atoms. The number of hydrogen-bond acceptors (Lipinski definition) is 3. The molecule has 4 heteroatoms. The van der Waals surface area contributed by atoms with E-state index in [0.29, 0.717) is 16.6 Å². The van der Waals surface area contributed by atoms with Gasteiger partial charge in [-0.1, -0.05) is 59.7 Å². The molecule has 2 rings (SSSR count). The minimum atomic E-state index is -3.94. The van der Waals surface area contributed by atoms with Crippen molar-refractivity contribution >= 4 is 10.1 Å². The Kier molecular flexibility index (Phi) is 6.41. The van der Waals surface area contributed by atoms with Crippen LogP contribution in [-0.2, 0) is 10.1 Å². The zero-order chi connectivity index (χ0) is 20.5. The Morgan fingerprint density at radius 2 is 1.26 bits per heavy atom. The van der Waals surface area contributed by atoms with Crippen LogP contribution in [0.5, 0.6) is 5.75 Å². The number of aryl methyl sites for hydroxylation is 2. The molecule has 0 amide bonds. The van der Waals surface area contributed by atoms with Gasteiger partial charge in [0.25, 0.3) is 0 Å². The van der Waals surface area contributed by atoms with Gasteiger partial charge in [-0.3, -0.25) is 0 Å². The molecule has 148 valence electrons. The molecule has 0 saturated heterocycles. The molecule has 0 unspecified atom stereocenters. The van der Waals surface area contributed by atoms with E-state index >= 15 is 0 Å². The number of hydrogen-bond donors (Lipinski definition) is 0. The lowest BCUT2D eigenvalue weighted by Crippen LogP contribution is -2.17. The second-order valence-corrected chi connectivity index (χ2v) is 9.76. The topological polar surface area (TPSA) is 43.4 Å². The summed E-state index contributed by atoms with van der Waals surface area (Å²) in [6, 6.07) is 9.43. The van der Waals surface area contributed by atoms with Gasteiger partial charge in [0.2, 0.25) is 0 Å². The zero-order valence-corrected chi connectivity index (χ0v) is 18.6. The van der Waals surface area contributed by atoms with E-state index in [1.165, 1.54) is 0 Å². The van der Waals surface area contributed by atoms with Crippen molar-refractivity contribution in [2.45, 2.75) is 78.0 Å². The lowest BCUT2D eigenvalue weighted by Gasteiger charge is -2.22. The SMILES string of the molecule is Cc1ccc(OS(=O)(=O)c2c(C(C)C)cc(C(C)C)cc2C(C)C)cc1C. The Morgan fingerprint density at radius 1 is 0.741 bits per heavy atom. The first-order valence-corrected chi connectivity index (χ1v) is 11.0. The van der Waals surface area contributed by atoms with Crippen molar-refractivity contribution in [3.63, 3.8) is 0 Å². The lowest BCUT2D eigenvalue weighted by atomic mass is 9.89. The zero-order valence-electron chi connectivity index (χ0n) is 17.8. The number of rotatable bonds is 6. The van der Waals surface area contributed by atoms with E-state index < -0.39 is 10.1 Å². The van der Waals surface area contributed by atoms with E-state index in [-0.39, 0.29) is 11.8 Å². The molecule has 0 radical (unpaired) electrons. The van der Waals surface area contributed by atoms with Crippen LogP contribution in [0.2, 0.25) is 0 Å². The summed E-state index contributed by atoms with van der Waals surface area (Å²) < 4.78 is 32.2. The molecule has 27 heavy (non-hydrogen) atoms. The van der Waals surface area contributed by atoms with Gasteiger partial charge in [-0.25, -0.2) is 0 Å². The van der Waals surface area contributed by atoms with E-state index in [1.54, 1.807) is 12.1 Å². The Morgan fingerprint density at radius 3 is 1.67 bits per heavy atom. The molecule has 0 aliphatic carbocycles. The molecule has 0 heterocycles. The van der Waals surface area contributed by atoms with E-state index in [4.69, 9.17) is 4.18 Å². The highest BCUT2D eigenvalue weighted by Gasteiger charge is 2.28. The number of benzene rings is 2. The van der Waals surface area contributed by atoms with Crippen LogP contribution < -0.4 is 4.18 Å². The third-order valence-electron chi connectivity index (χ3n) is 5.01. The summed E-state index contributed by atoms with van der Waals surface area (Å²) in [6.07, 6.45) is 0. The van der Waals surface area contributed by atoms with Gasteiger partial charge < -0.3 is 4.18 Å². The molecule has 2 aromatic carbocycles. The van der Waals surface area contributed by atoms with Crippen molar-refractivity contribution in [2.75, 3.05) is 0 Å². The largest absolute Gasteiger partial charge is 0.379 e. The van der Waals surface area contributed by atoms with Gasteiger partial charge in [0.1, 0.15) is 10.6 Å². The Labute approximate surface area is 164 Å². The highest BCUT2D eigenvalue weighted by molar-refractivity contribution is 7.87. The summed E-state index contributed by atoms with van der Waals surface area (Å²) in [4.78, 5) is 0.329. The Balaban J connectivity index is 2.67. The highest BCUT2D eigenvalue weighted by atomic mass is 32.2. The summed E-state index contributed by atoms with van der Waals surface area (Å²) in [5.74, 6) is 0.844. The molecule has 0 aliphatic heterocycles. The van der Waals surface area contributed by atoms with E-state index in [1.807, 2.05) is 59.7 Å². The van der Waals surface area contributed by atoms with E-state index in [9.17, 15) is 8.42 Å². The van der Waals surface area contributed by atoms with Crippen LogP contribution in [0.4, 0.5) is 0 Å². The predicted molar refractivity (Wildman–Crippen MR) is 112 cm³/mol. The second-order valence-electron chi connectivity index (χ2n) is 8.28. The average molecular weight is 389 g/mol. The van der Waals surface area contributed by atoms with E-state index in [0.717, 1.165) is 27.8 Å². The summed E-state index contributed by atoms with van der Waals surface area (Å²) in [5.41, 5.74) is 4.92. The molecule has 0 fully saturated rings. The lowest BCUT2D eigenvalue weighted by molar-refractivity contribution is 0.482. The smallest absolute Gasteiger partial charge is 0.339 e. The summed E-state index contributed by atoms with van der Waals surface area (Å²) in [6.45, 7) is 16.3. The van der Waals surface area contributed by atoms with Crippen molar-refractivity contribution < 1.29 is 12.6 Å². The molecule has 0 saturated carbocycles. The van der Waals surface area contributed by atoms with Crippen molar-refractivity contribution in [3.8, 4) is 5.75 Å². The molecule has 0 aliphatic rings. The van der Waals surface area contributed by atoms with Crippen LogP contribution in [0, 0.1) is 13.8 Å². The maximum Gasteiger partial charge on any atom is 0.339 e. The Hall–Kier alpha value is -1.81. The molecule has 2 aromatic rings. The average Bonchev–Trinajstić information content (AvgIpc) is 2.56. The minimum Gasteiger partial charge on any atom is -0.379 e. The van der Waals surface area contributed by atoms with Gasteiger partial charge in [-0.05, 0) is 71.6 Å². The summed E-state index contributed by atoms with van der Waals surface area (Å²) in [5, 5.41) is 0. The predicted octanol–water partition coefficient (Wildman–Crippen LogP) is 6.44. The monoisotopic (exact) mass is 388 g/mol. The fraction of sp³-hybridized carbons (Fsp3) is 0.478. The first-order chi connectivity index (χ1) is 12.4. The van der Waals surface area contributed by atoms with Gasteiger partial charge in [-0.15, -0.1) is 0 Å². The van der Waals surface area contributed by atoms with E-state index in [2.05, 4.69) is 13.8 Å². The normalized spacial score (nSPS) is 12.3. The standard InChI is InChI=1S/C23H32O3S/c1-14(2)19-12-21(15(3)4)23(22(13-19)16(5)6)27(24,25)26-20-10-9-17(7)18(8)11-20/h9-16H,1-8H3. The van der Waals surface area contributed by atoms with Crippen LogP contribution in [0.1, 0.15) is 87.1 Å². The molecule has 0 atom stereocenters. The van der Waals surface area contributed by atoms with Crippen molar-refractivity contribution in [3.05, 3.63) is 58.1 Å². The van der Waals surface area contributed by atoms with Crippen molar-refractivity contribution in [2.24, 2.45) is 0 Å². The molecular formula is C23H32O3S. The van der Waals surface area contributed by atoms with Gasteiger partial charge in [0.15, 0.2) is 0 Å². The third-order valence-corrected chi connectivity index (χ3v) is 6.40. The maximum atomic E-state index is 13.3. The summed E-state index contributed by atoms with van der Waals surface area (Å²) in [7, 11) is -3.94. The quantitative estimate of drug-likeness (QED) is 0.535. The first kappa shape index (κ1) is 21.5. The van der Waals surface area contributed by atoms with Crippen LogP contribution >= 0.6 is 0 Å². The van der Waals surface area contributed by atoms with Crippen LogP contribution in [0.3, 0.4) is 0 Å². The molecule has 0 aromatic heterocycles. The molecule has 3 nitrogen and oxygen atoms in total. The molecule has 0 bridgehead atoms. The van der Waals surface area contributed by atoms with Crippen molar-refractivity contribution in [1.82, 2.24) is 0 Å². The van der Waals surface area contributed by atoms with Crippen LogP contribution in [-0.4, -0.2) is 8.42 Å². The fourth-order valence-electron chi connectivity index (χ4n) is 3.11. The van der Waals surface area contributed by atoms with Crippen molar-refractivity contribution in [1.29, 1.82) is 0 Å². The Bertz CT molecular complexity index is 894. The highest BCUT2D eigenvalue weighted by Crippen LogP contribution is 2.36. The fourth-order valence-corrected chi connectivity index (χ4v) is 4.72. The molecular weight excluding hydrogens is 356 g/mol. The van der Waals surface area contributed by atoms with Crippen LogP contribution in [0.25, 0.3) is 0 Å². The van der Waals surface area contributed by atoms with Gasteiger partial charge in [-0.2, -0.15) is 8.42 Å². The molecule has 0 N–H and O–H groups in total. The maximum absolute atomic E-state index is 13.3. The van der Waals surface area contributed by atoms with Gasteiger partial charge >= 0.3 is 10.1 Å². The van der Waals surface area contributed by atoms with Gasteiger partial charge in [0, 0.05) is 0 Å². The minimum absolute atomic E-state index is 0.0781. The summed E-state index contributed by atoms with van der Waals surface area (Å²) >= 11 is 0.